The Bertz CT molecular complexity index is 605. The van der Waals surface area contributed by atoms with Gasteiger partial charge in [0.05, 0.1) is 24.1 Å². The van der Waals surface area contributed by atoms with Gasteiger partial charge >= 0.3 is 5.97 Å². The fourth-order valence-electron chi connectivity index (χ4n) is 3.71. The molecule has 1 aromatic rings. The maximum atomic E-state index is 12.4. The van der Waals surface area contributed by atoms with E-state index < -0.39 is 23.2 Å². The third kappa shape index (κ3) is 2.13. The van der Waals surface area contributed by atoms with Crippen molar-refractivity contribution in [2.75, 3.05) is 0 Å². The molecule has 3 atom stereocenters. The number of nitrogens with zero attached hydrogens (tertiary/aromatic N) is 2. The Labute approximate surface area is 123 Å². The Hall–Kier alpha value is -1.85. The number of aryl methyl sites for hydroxylation is 1. The molecule has 1 fully saturated rings. The second-order valence-corrected chi connectivity index (χ2v) is 6.74. The first-order valence-corrected chi connectivity index (χ1v) is 7.38. The number of carbonyl (C=O) groups excluding carboxylic acids is 1. The van der Waals surface area contributed by atoms with Crippen LogP contribution in [0.5, 0.6) is 0 Å². The van der Waals surface area contributed by atoms with Gasteiger partial charge in [-0.3, -0.25) is 14.3 Å². The molecular weight excluding hydrogens is 270 g/mol. The summed E-state index contributed by atoms with van der Waals surface area (Å²) in [6.07, 6.45) is 4.68. The van der Waals surface area contributed by atoms with E-state index >= 15 is 0 Å². The van der Waals surface area contributed by atoms with Crippen LogP contribution in [0.25, 0.3) is 0 Å². The van der Waals surface area contributed by atoms with E-state index in [4.69, 9.17) is 0 Å². The molecule has 1 saturated carbocycles. The van der Waals surface area contributed by atoms with Crippen molar-refractivity contribution < 1.29 is 14.7 Å². The first kappa shape index (κ1) is 14.1. The fourth-order valence-corrected chi connectivity index (χ4v) is 3.71. The van der Waals surface area contributed by atoms with Crippen LogP contribution in [0, 0.1) is 17.3 Å². The largest absolute Gasteiger partial charge is 0.481 e. The van der Waals surface area contributed by atoms with Gasteiger partial charge in [-0.05, 0) is 24.7 Å². The zero-order chi connectivity index (χ0) is 15.4. The van der Waals surface area contributed by atoms with Crippen molar-refractivity contribution in [2.45, 2.75) is 39.2 Å². The maximum Gasteiger partial charge on any atom is 0.307 e. The monoisotopic (exact) mass is 291 g/mol. The van der Waals surface area contributed by atoms with E-state index in [-0.39, 0.29) is 11.9 Å². The van der Waals surface area contributed by atoms with Crippen molar-refractivity contribution in [1.82, 2.24) is 15.1 Å². The molecular formula is C15H21N3O3. The van der Waals surface area contributed by atoms with Gasteiger partial charge in [0, 0.05) is 18.3 Å². The summed E-state index contributed by atoms with van der Waals surface area (Å²) in [5.74, 6) is -2.04. The molecule has 0 radical (unpaired) electrons. The Balaban J connectivity index is 1.74. The number of amides is 1. The number of rotatable bonds is 3. The topological polar surface area (TPSA) is 84.2 Å². The highest BCUT2D eigenvalue weighted by atomic mass is 16.4. The van der Waals surface area contributed by atoms with E-state index in [1.165, 1.54) is 0 Å². The van der Waals surface area contributed by atoms with Gasteiger partial charge in [-0.15, -0.1) is 0 Å². The first-order valence-electron chi connectivity index (χ1n) is 7.38. The van der Waals surface area contributed by atoms with Crippen LogP contribution in [0.2, 0.25) is 0 Å². The molecule has 0 spiro atoms. The summed E-state index contributed by atoms with van der Waals surface area (Å²) in [7, 11) is 1.91. The summed E-state index contributed by atoms with van der Waals surface area (Å²) < 4.78 is 1.86. The van der Waals surface area contributed by atoms with Crippen LogP contribution < -0.4 is 5.32 Å². The van der Waals surface area contributed by atoms with Crippen molar-refractivity contribution in [1.29, 1.82) is 0 Å². The van der Waals surface area contributed by atoms with Gasteiger partial charge in [0.25, 0.3) is 0 Å². The smallest absolute Gasteiger partial charge is 0.307 e. The van der Waals surface area contributed by atoms with Crippen molar-refractivity contribution in [3.05, 3.63) is 17.5 Å². The summed E-state index contributed by atoms with van der Waals surface area (Å²) in [4.78, 5) is 23.6. The van der Waals surface area contributed by atoms with Gasteiger partial charge in [-0.25, -0.2) is 0 Å². The first-order chi connectivity index (χ1) is 9.84. The number of aromatic nitrogens is 2. The zero-order valence-electron chi connectivity index (χ0n) is 12.6. The lowest BCUT2D eigenvalue weighted by Crippen LogP contribution is -2.33. The highest BCUT2D eigenvalue weighted by Crippen LogP contribution is 2.58. The van der Waals surface area contributed by atoms with Crippen molar-refractivity contribution >= 4 is 11.9 Å². The third-order valence-corrected chi connectivity index (χ3v) is 5.07. The number of carbonyl (C=O) groups is 2. The molecule has 2 aliphatic carbocycles. The van der Waals surface area contributed by atoms with E-state index in [2.05, 4.69) is 10.4 Å². The average molecular weight is 291 g/mol. The normalized spacial score (nSPS) is 29.6. The van der Waals surface area contributed by atoms with Crippen molar-refractivity contribution in [2.24, 2.45) is 24.3 Å². The molecule has 0 bridgehead atoms. The second kappa shape index (κ2) is 4.58. The lowest BCUT2D eigenvalue weighted by molar-refractivity contribution is -0.140. The van der Waals surface area contributed by atoms with E-state index in [1.807, 2.05) is 31.8 Å². The Morgan fingerprint density at radius 3 is 2.76 bits per heavy atom. The minimum atomic E-state index is -0.883. The molecule has 6 nitrogen and oxygen atoms in total. The van der Waals surface area contributed by atoms with Crippen LogP contribution in [0.4, 0.5) is 0 Å². The lowest BCUT2D eigenvalue weighted by atomic mass is 9.92. The molecule has 0 aliphatic heterocycles. The number of hydrogen-bond acceptors (Lipinski definition) is 3. The van der Waals surface area contributed by atoms with Gasteiger partial charge in [0.2, 0.25) is 5.91 Å². The van der Waals surface area contributed by atoms with Crippen molar-refractivity contribution in [3.8, 4) is 0 Å². The van der Waals surface area contributed by atoms with Crippen LogP contribution in [-0.4, -0.2) is 26.8 Å². The number of nitrogens with one attached hydrogen (secondary N) is 1. The summed E-state index contributed by atoms with van der Waals surface area (Å²) in [5, 5.41) is 16.5. The molecule has 0 aromatic carbocycles. The minimum Gasteiger partial charge on any atom is -0.481 e. The molecule has 114 valence electrons. The van der Waals surface area contributed by atoms with Gasteiger partial charge < -0.3 is 10.4 Å². The SMILES string of the molecule is Cn1ncc2c1CCCC2NC(=O)C1C(C(=O)O)C1(C)C. The van der Waals surface area contributed by atoms with Crippen LogP contribution >= 0.6 is 0 Å². The lowest BCUT2D eigenvalue weighted by Gasteiger charge is -2.24. The molecule has 0 saturated heterocycles. The number of carboxylic acids is 1. The van der Waals surface area contributed by atoms with Crippen LogP contribution in [0.15, 0.2) is 6.20 Å². The maximum absolute atomic E-state index is 12.4. The van der Waals surface area contributed by atoms with Gasteiger partial charge in [0.1, 0.15) is 0 Å². The number of aliphatic carboxylic acids is 1. The third-order valence-electron chi connectivity index (χ3n) is 5.07. The van der Waals surface area contributed by atoms with Gasteiger partial charge in [-0.2, -0.15) is 5.10 Å². The van der Waals surface area contributed by atoms with Crippen LogP contribution in [0.1, 0.15) is 44.0 Å². The molecule has 3 rings (SSSR count). The molecule has 1 amide bonds. The zero-order valence-corrected chi connectivity index (χ0v) is 12.6. The summed E-state index contributed by atoms with van der Waals surface area (Å²) in [6, 6.07) is -0.0409. The van der Waals surface area contributed by atoms with Crippen molar-refractivity contribution in [3.63, 3.8) is 0 Å². The number of carboxylic acid groups (broad SMARTS) is 1. The van der Waals surface area contributed by atoms with E-state index in [0.29, 0.717) is 0 Å². The van der Waals surface area contributed by atoms with Crippen LogP contribution in [-0.2, 0) is 23.1 Å². The molecule has 2 N–H and O–H groups in total. The predicted octanol–water partition coefficient (Wildman–Crippen LogP) is 1.27. The van der Waals surface area contributed by atoms with E-state index in [0.717, 1.165) is 30.5 Å². The molecule has 21 heavy (non-hydrogen) atoms. The fraction of sp³-hybridized carbons (Fsp3) is 0.667. The standard InChI is InChI=1S/C15H21N3O3/c1-15(2)11(12(15)14(20)21)13(19)17-9-5-4-6-10-8(9)7-16-18(10)3/h7,9,11-12H,4-6H2,1-3H3,(H,17,19)(H,20,21). The van der Waals surface area contributed by atoms with Gasteiger partial charge in [-0.1, -0.05) is 13.8 Å². The highest BCUT2D eigenvalue weighted by molar-refractivity contribution is 5.91. The predicted molar refractivity (Wildman–Crippen MR) is 75.4 cm³/mol. The Morgan fingerprint density at radius 2 is 2.14 bits per heavy atom. The average Bonchev–Trinajstić information content (AvgIpc) is 2.79. The second-order valence-electron chi connectivity index (χ2n) is 6.74. The minimum absolute atomic E-state index is 0.0409. The molecule has 1 aromatic heterocycles. The number of fused-ring (bicyclic) bond motifs is 1. The molecule has 3 unspecified atom stereocenters. The summed E-state index contributed by atoms with van der Waals surface area (Å²) in [5.41, 5.74) is 1.78. The number of hydrogen-bond donors (Lipinski definition) is 2. The van der Waals surface area contributed by atoms with Gasteiger partial charge in [0.15, 0.2) is 0 Å². The molecule has 2 aliphatic rings. The van der Waals surface area contributed by atoms with Crippen LogP contribution in [0.3, 0.4) is 0 Å². The molecule has 6 heteroatoms. The summed E-state index contributed by atoms with van der Waals surface area (Å²) >= 11 is 0. The van der Waals surface area contributed by atoms with E-state index in [9.17, 15) is 14.7 Å². The Kier molecular flexibility index (Phi) is 3.07. The molecule has 1 heterocycles. The Morgan fingerprint density at radius 1 is 1.43 bits per heavy atom. The summed E-state index contributed by atoms with van der Waals surface area (Å²) in [6.45, 7) is 3.68. The highest BCUT2D eigenvalue weighted by Gasteiger charge is 2.66. The van der Waals surface area contributed by atoms with E-state index in [1.54, 1.807) is 0 Å². The quantitative estimate of drug-likeness (QED) is 0.878.